The molecular weight excluding hydrogens is 198 g/mol. The molecule has 1 aromatic carbocycles. The number of hydrogen-bond acceptors (Lipinski definition) is 2. The zero-order valence-corrected chi connectivity index (χ0v) is 9.83. The molecule has 0 unspecified atom stereocenters. The van der Waals surface area contributed by atoms with Crippen molar-refractivity contribution in [2.75, 3.05) is 6.54 Å². The van der Waals surface area contributed by atoms with E-state index in [0.717, 1.165) is 6.42 Å². The highest BCUT2D eigenvalue weighted by atomic mass is 16.1. The van der Waals surface area contributed by atoms with Gasteiger partial charge in [0.2, 0.25) is 0 Å². The van der Waals surface area contributed by atoms with E-state index in [-0.39, 0.29) is 0 Å². The Bertz CT molecular complexity index is 369. The van der Waals surface area contributed by atoms with Crippen LogP contribution in [0.4, 0.5) is 0 Å². The van der Waals surface area contributed by atoms with E-state index in [1.54, 1.807) is 0 Å². The lowest BCUT2D eigenvalue weighted by Gasteiger charge is -2.03. The fourth-order valence-electron chi connectivity index (χ4n) is 1.79. The van der Waals surface area contributed by atoms with Crippen LogP contribution in [0, 0.1) is 6.92 Å². The molecule has 1 saturated carbocycles. The predicted molar refractivity (Wildman–Crippen MR) is 65.5 cm³/mol. The first-order chi connectivity index (χ1) is 7.74. The van der Waals surface area contributed by atoms with Crippen LogP contribution in [0.3, 0.4) is 0 Å². The molecule has 1 fully saturated rings. The van der Waals surface area contributed by atoms with Crippen molar-refractivity contribution in [3.63, 3.8) is 0 Å². The number of Topliss-reactive ketones (excluding diaryl/α,β-unsaturated/α-hetero) is 1. The van der Waals surface area contributed by atoms with E-state index in [1.807, 2.05) is 0 Å². The largest absolute Gasteiger partial charge is 0.307 e. The molecule has 0 aliphatic heterocycles. The summed E-state index contributed by atoms with van der Waals surface area (Å²) in [4.78, 5) is 11.6. The van der Waals surface area contributed by atoms with E-state index in [1.165, 1.54) is 24.0 Å². The Morgan fingerprint density at radius 2 is 2.25 bits per heavy atom. The van der Waals surface area contributed by atoms with Gasteiger partial charge in [-0.15, -0.1) is 0 Å². The molecule has 2 heteroatoms. The van der Waals surface area contributed by atoms with Crippen LogP contribution in [-0.4, -0.2) is 18.4 Å². The van der Waals surface area contributed by atoms with Gasteiger partial charge in [0.1, 0.15) is 5.78 Å². The van der Waals surface area contributed by atoms with E-state index in [2.05, 4.69) is 36.5 Å². The fourth-order valence-corrected chi connectivity index (χ4v) is 1.79. The van der Waals surface area contributed by atoms with Gasteiger partial charge in [0.25, 0.3) is 0 Å². The molecule has 16 heavy (non-hydrogen) atoms. The Labute approximate surface area is 97.1 Å². The lowest BCUT2D eigenvalue weighted by molar-refractivity contribution is -0.118. The Balaban J connectivity index is 1.71. The molecule has 86 valence electrons. The van der Waals surface area contributed by atoms with Gasteiger partial charge in [-0.25, -0.2) is 0 Å². The molecule has 2 rings (SSSR count). The molecule has 1 aliphatic rings. The lowest BCUT2D eigenvalue weighted by Crippen LogP contribution is -2.24. The smallest absolute Gasteiger partial charge is 0.146 e. The number of benzene rings is 1. The second kappa shape index (κ2) is 5.26. The number of carbonyl (C=O) groups is 1. The number of nitrogens with one attached hydrogen (secondary N) is 1. The highest BCUT2D eigenvalue weighted by Crippen LogP contribution is 2.18. The summed E-state index contributed by atoms with van der Waals surface area (Å²) in [6, 6.07) is 9.01. The van der Waals surface area contributed by atoms with Crippen molar-refractivity contribution >= 4 is 5.78 Å². The van der Waals surface area contributed by atoms with Crippen LogP contribution in [0.5, 0.6) is 0 Å². The molecule has 1 N–H and O–H groups in total. The van der Waals surface area contributed by atoms with Gasteiger partial charge in [-0.1, -0.05) is 29.8 Å². The first-order valence-corrected chi connectivity index (χ1v) is 6.04. The van der Waals surface area contributed by atoms with Gasteiger partial charge < -0.3 is 5.32 Å². The van der Waals surface area contributed by atoms with Crippen LogP contribution < -0.4 is 5.32 Å². The zero-order valence-electron chi connectivity index (χ0n) is 9.83. The van der Waals surface area contributed by atoms with E-state index < -0.39 is 0 Å². The summed E-state index contributed by atoms with van der Waals surface area (Å²) < 4.78 is 0. The van der Waals surface area contributed by atoms with Crippen LogP contribution in [-0.2, 0) is 11.2 Å². The normalized spacial score (nSPS) is 15.1. The minimum atomic E-state index is 0.327. The summed E-state index contributed by atoms with van der Waals surface area (Å²) in [5.41, 5.74) is 2.53. The van der Waals surface area contributed by atoms with Crippen molar-refractivity contribution in [2.24, 2.45) is 0 Å². The van der Waals surface area contributed by atoms with Gasteiger partial charge in [-0.05, 0) is 31.7 Å². The van der Waals surface area contributed by atoms with E-state index >= 15 is 0 Å². The van der Waals surface area contributed by atoms with Gasteiger partial charge in [-0.2, -0.15) is 0 Å². The van der Waals surface area contributed by atoms with Crippen molar-refractivity contribution in [3.05, 3.63) is 35.4 Å². The van der Waals surface area contributed by atoms with Gasteiger partial charge in [-0.3, -0.25) is 4.79 Å². The molecule has 0 heterocycles. The Kier molecular flexibility index (Phi) is 3.73. The third-order valence-electron chi connectivity index (χ3n) is 2.94. The summed E-state index contributed by atoms with van der Waals surface area (Å²) in [5, 5.41) is 3.25. The van der Waals surface area contributed by atoms with Crippen molar-refractivity contribution in [1.29, 1.82) is 0 Å². The third kappa shape index (κ3) is 3.78. The van der Waals surface area contributed by atoms with Crippen molar-refractivity contribution in [3.8, 4) is 0 Å². The van der Waals surface area contributed by atoms with Crippen LogP contribution in [0.2, 0.25) is 0 Å². The molecule has 0 radical (unpaired) electrons. The summed E-state index contributed by atoms with van der Waals surface area (Å²) in [6.45, 7) is 2.64. The molecule has 1 aliphatic carbocycles. The number of ketones is 1. The summed E-state index contributed by atoms with van der Waals surface area (Å²) >= 11 is 0. The lowest BCUT2D eigenvalue weighted by atomic mass is 10.1. The molecule has 1 aromatic rings. The minimum Gasteiger partial charge on any atom is -0.307 e. The standard InChI is InChI=1S/C14H19NO/c1-11-3-2-4-12(9-11)5-8-14(16)10-15-13-6-7-13/h2-4,9,13,15H,5-8,10H2,1H3. The topological polar surface area (TPSA) is 29.1 Å². The van der Waals surface area contributed by atoms with Crippen LogP contribution in [0.15, 0.2) is 24.3 Å². The molecular formula is C14H19NO. The monoisotopic (exact) mass is 217 g/mol. The molecule has 2 nitrogen and oxygen atoms in total. The highest BCUT2D eigenvalue weighted by molar-refractivity contribution is 5.80. The Hall–Kier alpha value is -1.15. The first-order valence-electron chi connectivity index (χ1n) is 6.04. The number of carbonyl (C=O) groups excluding carboxylic acids is 1. The van der Waals surface area contributed by atoms with Gasteiger partial charge in [0, 0.05) is 12.5 Å². The number of aryl methyl sites for hydroxylation is 2. The maximum atomic E-state index is 11.6. The average molecular weight is 217 g/mol. The number of hydrogen-bond donors (Lipinski definition) is 1. The molecule has 0 spiro atoms. The van der Waals surface area contributed by atoms with Gasteiger partial charge in [0.05, 0.1) is 6.54 Å². The predicted octanol–water partition coefficient (Wildman–Crippen LogP) is 2.25. The van der Waals surface area contributed by atoms with Gasteiger partial charge in [0.15, 0.2) is 0 Å². The van der Waals surface area contributed by atoms with Crippen LogP contribution >= 0.6 is 0 Å². The maximum Gasteiger partial charge on any atom is 0.146 e. The molecule has 0 aromatic heterocycles. The SMILES string of the molecule is Cc1cccc(CCC(=O)CNC2CC2)c1. The zero-order chi connectivity index (χ0) is 11.4. The molecule has 0 amide bonds. The van der Waals surface area contributed by atoms with Crippen molar-refractivity contribution < 1.29 is 4.79 Å². The quantitative estimate of drug-likeness (QED) is 0.792. The number of rotatable bonds is 6. The molecule has 0 atom stereocenters. The Morgan fingerprint density at radius 1 is 1.44 bits per heavy atom. The van der Waals surface area contributed by atoms with Crippen LogP contribution in [0.1, 0.15) is 30.4 Å². The summed E-state index contributed by atoms with van der Waals surface area (Å²) in [5.74, 6) is 0.327. The van der Waals surface area contributed by atoms with E-state index in [4.69, 9.17) is 0 Å². The highest BCUT2D eigenvalue weighted by Gasteiger charge is 2.20. The van der Waals surface area contributed by atoms with Crippen LogP contribution in [0.25, 0.3) is 0 Å². The van der Waals surface area contributed by atoms with E-state index in [9.17, 15) is 4.79 Å². The summed E-state index contributed by atoms with van der Waals surface area (Å²) in [6.07, 6.45) is 4.01. The summed E-state index contributed by atoms with van der Waals surface area (Å²) in [7, 11) is 0. The second-order valence-electron chi connectivity index (χ2n) is 4.68. The van der Waals surface area contributed by atoms with Crippen molar-refractivity contribution in [2.45, 2.75) is 38.6 Å². The first kappa shape index (κ1) is 11.3. The van der Waals surface area contributed by atoms with Crippen molar-refractivity contribution in [1.82, 2.24) is 5.32 Å². The maximum absolute atomic E-state index is 11.6. The van der Waals surface area contributed by atoms with E-state index in [0.29, 0.717) is 24.8 Å². The third-order valence-corrected chi connectivity index (χ3v) is 2.94. The second-order valence-corrected chi connectivity index (χ2v) is 4.68. The fraction of sp³-hybridized carbons (Fsp3) is 0.500. The molecule has 0 bridgehead atoms. The average Bonchev–Trinajstić information content (AvgIpc) is 3.07. The minimum absolute atomic E-state index is 0.327. The molecule has 0 saturated heterocycles. The Morgan fingerprint density at radius 3 is 2.94 bits per heavy atom. The van der Waals surface area contributed by atoms with Gasteiger partial charge >= 0.3 is 0 Å².